The van der Waals surface area contributed by atoms with E-state index in [4.69, 9.17) is 16.3 Å². The van der Waals surface area contributed by atoms with E-state index in [1.165, 1.54) is 0 Å². The van der Waals surface area contributed by atoms with Gasteiger partial charge in [0.05, 0.1) is 17.9 Å². The standard InChI is InChI=1S/C19H20ClN3O2/c1-13-7-16(8-21-18(13)20)23-10-15-9-22(11-17(15)23)19(24)25-12-14-5-3-2-4-6-14/h2-8,15,17H,9-12H2,1H3/t15-,17-/m0/s1. The SMILES string of the molecule is Cc1cc(N2C[C@@H]3CN(C(=O)OCc4ccccc4)C[C@@H]32)cnc1Cl. The summed E-state index contributed by atoms with van der Waals surface area (Å²) in [6, 6.07) is 12.1. The van der Waals surface area contributed by atoms with Crippen LogP contribution in [0, 0.1) is 12.8 Å². The first kappa shape index (κ1) is 16.2. The second-order valence-electron chi connectivity index (χ2n) is 6.73. The molecule has 4 rings (SSSR count). The van der Waals surface area contributed by atoms with Crippen LogP contribution >= 0.6 is 11.6 Å². The summed E-state index contributed by atoms with van der Waals surface area (Å²) < 4.78 is 5.45. The monoisotopic (exact) mass is 357 g/mol. The number of aryl methyl sites for hydroxylation is 1. The Morgan fingerprint density at radius 3 is 2.84 bits per heavy atom. The van der Waals surface area contributed by atoms with Crippen LogP contribution in [-0.4, -0.2) is 41.7 Å². The van der Waals surface area contributed by atoms with Gasteiger partial charge in [-0.3, -0.25) is 0 Å². The molecule has 0 saturated carbocycles. The third kappa shape index (κ3) is 3.16. The van der Waals surface area contributed by atoms with Crippen molar-refractivity contribution in [2.75, 3.05) is 24.5 Å². The van der Waals surface area contributed by atoms with Gasteiger partial charge in [-0.2, -0.15) is 0 Å². The average Bonchev–Trinajstić information content (AvgIpc) is 2.94. The zero-order valence-corrected chi connectivity index (χ0v) is 14.8. The minimum absolute atomic E-state index is 0.233. The second-order valence-corrected chi connectivity index (χ2v) is 7.08. The number of rotatable bonds is 3. The number of amides is 1. The molecule has 25 heavy (non-hydrogen) atoms. The van der Waals surface area contributed by atoms with Gasteiger partial charge in [0.2, 0.25) is 0 Å². The highest BCUT2D eigenvalue weighted by Crippen LogP contribution is 2.37. The molecule has 2 aliphatic heterocycles. The lowest BCUT2D eigenvalue weighted by Crippen LogP contribution is -2.55. The molecule has 3 heterocycles. The Kier molecular flexibility index (Phi) is 4.25. The first-order chi connectivity index (χ1) is 12.1. The van der Waals surface area contributed by atoms with Crippen LogP contribution in [0.2, 0.25) is 5.15 Å². The van der Waals surface area contributed by atoms with Gasteiger partial charge in [0, 0.05) is 25.6 Å². The Morgan fingerprint density at radius 2 is 2.08 bits per heavy atom. The molecule has 0 unspecified atom stereocenters. The Balaban J connectivity index is 1.35. The molecule has 2 aliphatic rings. The summed E-state index contributed by atoms with van der Waals surface area (Å²) >= 11 is 6.01. The van der Waals surface area contributed by atoms with Gasteiger partial charge in [-0.05, 0) is 24.1 Å². The number of likely N-dealkylation sites (tertiary alicyclic amines) is 1. The molecule has 1 amide bonds. The number of aromatic nitrogens is 1. The number of ether oxygens (including phenoxy) is 1. The molecule has 130 valence electrons. The molecule has 0 radical (unpaired) electrons. The molecule has 1 aromatic carbocycles. The van der Waals surface area contributed by atoms with E-state index >= 15 is 0 Å². The van der Waals surface area contributed by atoms with Crippen molar-refractivity contribution in [3.63, 3.8) is 0 Å². The summed E-state index contributed by atoms with van der Waals surface area (Å²) in [6.45, 7) is 4.66. The van der Waals surface area contributed by atoms with Crippen molar-refractivity contribution in [2.45, 2.75) is 19.6 Å². The van der Waals surface area contributed by atoms with Crippen LogP contribution in [0.25, 0.3) is 0 Å². The van der Waals surface area contributed by atoms with E-state index in [0.717, 1.165) is 29.9 Å². The first-order valence-electron chi connectivity index (χ1n) is 8.46. The van der Waals surface area contributed by atoms with Crippen LogP contribution in [0.15, 0.2) is 42.6 Å². The van der Waals surface area contributed by atoms with Gasteiger partial charge >= 0.3 is 6.09 Å². The fraction of sp³-hybridized carbons (Fsp3) is 0.368. The average molecular weight is 358 g/mol. The number of carbonyl (C=O) groups is 1. The fourth-order valence-corrected chi connectivity index (χ4v) is 3.70. The molecular formula is C19H20ClN3O2. The minimum Gasteiger partial charge on any atom is -0.445 e. The number of anilines is 1. The zero-order valence-electron chi connectivity index (χ0n) is 14.1. The van der Waals surface area contributed by atoms with Crippen LogP contribution in [-0.2, 0) is 11.3 Å². The molecule has 2 aromatic rings. The molecule has 1 aromatic heterocycles. The lowest BCUT2D eigenvalue weighted by molar-refractivity contribution is 0.103. The summed E-state index contributed by atoms with van der Waals surface area (Å²) in [7, 11) is 0. The normalized spacial score (nSPS) is 21.7. The van der Waals surface area contributed by atoms with Crippen molar-refractivity contribution in [3.8, 4) is 0 Å². The van der Waals surface area contributed by atoms with Crippen LogP contribution < -0.4 is 4.90 Å². The number of pyridine rings is 1. The molecule has 2 saturated heterocycles. The number of hydrogen-bond donors (Lipinski definition) is 0. The maximum atomic E-state index is 12.3. The van der Waals surface area contributed by atoms with E-state index < -0.39 is 0 Å². The van der Waals surface area contributed by atoms with Gasteiger partial charge in [0.15, 0.2) is 0 Å². The van der Waals surface area contributed by atoms with Crippen LogP contribution in [0.4, 0.5) is 10.5 Å². The van der Waals surface area contributed by atoms with Crippen molar-refractivity contribution < 1.29 is 9.53 Å². The summed E-state index contributed by atoms with van der Waals surface area (Å²) in [6.07, 6.45) is 1.57. The lowest BCUT2D eigenvalue weighted by atomic mass is 9.91. The Morgan fingerprint density at radius 1 is 1.28 bits per heavy atom. The Hall–Kier alpha value is -2.27. The van der Waals surface area contributed by atoms with Gasteiger partial charge in [-0.15, -0.1) is 0 Å². The third-order valence-electron chi connectivity index (χ3n) is 5.03. The van der Waals surface area contributed by atoms with E-state index in [-0.39, 0.29) is 6.09 Å². The summed E-state index contributed by atoms with van der Waals surface area (Å²) in [5.41, 5.74) is 3.05. The van der Waals surface area contributed by atoms with Gasteiger partial charge in [-0.25, -0.2) is 9.78 Å². The molecule has 0 aliphatic carbocycles. The van der Waals surface area contributed by atoms with Crippen molar-refractivity contribution in [3.05, 3.63) is 58.9 Å². The van der Waals surface area contributed by atoms with Gasteiger partial charge < -0.3 is 14.5 Å². The van der Waals surface area contributed by atoms with Crippen molar-refractivity contribution >= 4 is 23.4 Å². The predicted octanol–water partition coefficient (Wildman–Crippen LogP) is 3.50. The summed E-state index contributed by atoms with van der Waals surface area (Å²) in [5.74, 6) is 0.500. The second kappa shape index (κ2) is 6.56. The highest BCUT2D eigenvalue weighted by molar-refractivity contribution is 6.30. The molecule has 0 bridgehead atoms. The predicted molar refractivity (Wildman–Crippen MR) is 96.8 cm³/mol. The molecule has 2 atom stereocenters. The van der Waals surface area contributed by atoms with Crippen molar-refractivity contribution in [1.82, 2.24) is 9.88 Å². The number of benzene rings is 1. The molecule has 0 N–H and O–H groups in total. The maximum absolute atomic E-state index is 12.3. The highest BCUT2D eigenvalue weighted by atomic mass is 35.5. The van der Waals surface area contributed by atoms with Crippen LogP contribution in [0.1, 0.15) is 11.1 Å². The van der Waals surface area contributed by atoms with Gasteiger partial charge in [0.25, 0.3) is 0 Å². The number of fused-ring (bicyclic) bond motifs is 1. The quantitative estimate of drug-likeness (QED) is 0.789. The first-order valence-corrected chi connectivity index (χ1v) is 8.84. The van der Waals surface area contributed by atoms with E-state index in [2.05, 4.69) is 16.0 Å². The van der Waals surface area contributed by atoms with E-state index in [0.29, 0.717) is 30.3 Å². The van der Waals surface area contributed by atoms with Crippen molar-refractivity contribution in [1.29, 1.82) is 0 Å². The maximum Gasteiger partial charge on any atom is 0.410 e. The topological polar surface area (TPSA) is 45.7 Å². The van der Waals surface area contributed by atoms with Gasteiger partial charge in [-0.1, -0.05) is 41.9 Å². The molecule has 6 heteroatoms. The van der Waals surface area contributed by atoms with Gasteiger partial charge in [0.1, 0.15) is 11.8 Å². The molecule has 0 spiro atoms. The van der Waals surface area contributed by atoms with Crippen LogP contribution in [0.5, 0.6) is 0 Å². The van der Waals surface area contributed by atoms with E-state index in [9.17, 15) is 4.79 Å². The largest absolute Gasteiger partial charge is 0.445 e. The van der Waals surface area contributed by atoms with Crippen LogP contribution in [0.3, 0.4) is 0 Å². The lowest BCUT2D eigenvalue weighted by Gasteiger charge is -2.45. The Bertz CT molecular complexity index is 783. The highest BCUT2D eigenvalue weighted by Gasteiger charge is 2.47. The van der Waals surface area contributed by atoms with E-state index in [1.807, 2.05) is 48.4 Å². The minimum atomic E-state index is -0.233. The number of halogens is 1. The molecule has 5 nitrogen and oxygen atoms in total. The van der Waals surface area contributed by atoms with Crippen molar-refractivity contribution in [2.24, 2.45) is 5.92 Å². The Labute approximate surface area is 152 Å². The van der Waals surface area contributed by atoms with E-state index in [1.54, 1.807) is 0 Å². The number of hydrogen-bond acceptors (Lipinski definition) is 4. The molecular weight excluding hydrogens is 338 g/mol. The summed E-state index contributed by atoms with van der Waals surface area (Å²) in [5, 5.41) is 0.540. The number of nitrogens with zero attached hydrogens (tertiary/aromatic N) is 3. The fourth-order valence-electron chi connectivity index (χ4n) is 3.59. The summed E-state index contributed by atoms with van der Waals surface area (Å²) in [4.78, 5) is 20.7. The zero-order chi connectivity index (χ0) is 17.4. The smallest absolute Gasteiger partial charge is 0.410 e. The third-order valence-corrected chi connectivity index (χ3v) is 5.43. The molecule has 2 fully saturated rings. The number of carbonyl (C=O) groups excluding carboxylic acids is 1.